The molecule has 0 aliphatic carbocycles. The van der Waals surface area contributed by atoms with E-state index in [1.54, 1.807) is 0 Å². The van der Waals surface area contributed by atoms with Crippen LogP contribution in [0.3, 0.4) is 0 Å². The Balaban J connectivity index is 2.17. The second-order valence-corrected chi connectivity index (χ2v) is 3.00. The zero-order chi connectivity index (χ0) is 7.40. The van der Waals surface area contributed by atoms with Gasteiger partial charge in [0.1, 0.15) is 0 Å². The molecule has 0 unspecified atom stereocenters. The van der Waals surface area contributed by atoms with E-state index >= 15 is 0 Å². The Bertz CT molecular complexity index is 121. The van der Waals surface area contributed by atoms with Crippen LogP contribution in [0.25, 0.3) is 0 Å². The lowest BCUT2D eigenvalue weighted by Crippen LogP contribution is -2.27. The normalized spacial score (nSPS) is 19.7. The predicted octanol–water partition coefficient (Wildman–Crippen LogP) is 0.581. The lowest BCUT2D eigenvalue weighted by atomic mass is 10.4. The van der Waals surface area contributed by atoms with Gasteiger partial charge in [0.25, 0.3) is 0 Å². The van der Waals surface area contributed by atoms with Gasteiger partial charge in [0.15, 0.2) is 5.78 Å². The van der Waals surface area contributed by atoms with Gasteiger partial charge in [-0.25, -0.2) is 0 Å². The van der Waals surface area contributed by atoms with Gasteiger partial charge >= 0.3 is 0 Å². The van der Waals surface area contributed by atoms with Crippen molar-refractivity contribution in [3.05, 3.63) is 0 Å². The fourth-order valence-electron chi connectivity index (χ4n) is 1.24. The van der Waals surface area contributed by atoms with Gasteiger partial charge in [-0.1, -0.05) is 0 Å². The molecular weight excluding hydrogens is 146 g/mol. The van der Waals surface area contributed by atoms with Crippen molar-refractivity contribution in [3.63, 3.8) is 0 Å². The van der Waals surface area contributed by atoms with Crippen LogP contribution >= 0.6 is 12.6 Å². The molecule has 2 nitrogen and oxygen atoms in total. The maximum atomic E-state index is 10.8. The molecule has 10 heavy (non-hydrogen) atoms. The minimum atomic E-state index is 0.241. The van der Waals surface area contributed by atoms with E-state index in [0.29, 0.717) is 12.3 Å². The van der Waals surface area contributed by atoms with Crippen molar-refractivity contribution in [2.24, 2.45) is 0 Å². The maximum absolute atomic E-state index is 10.8. The van der Waals surface area contributed by atoms with E-state index in [0.717, 1.165) is 13.1 Å². The van der Waals surface area contributed by atoms with Gasteiger partial charge in [0, 0.05) is 0 Å². The Morgan fingerprint density at radius 3 is 2.50 bits per heavy atom. The summed E-state index contributed by atoms with van der Waals surface area (Å²) in [6.45, 7) is 2.81. The molecule has 58 valence electrons. The molecule has 1 heterocycles. The number of hydrogen-bond donors (Lipinski definition) is 1. The first-order valence-corrected chi connectivity index (χ1v) is 4.31. The molecule has 0 radical (unpaired) electrons. The van der Waals surface area contributed by atoms with Gasteiger partial charge < -0.3 is 0 Å². The molecule has 0 bridgehead atoms. The van der Waals surface area contributed by atoms with E-state index in [-0.39, 0.29) is 5.78 Å². The number of nitrogens with zero attached hydrogens (tertiary/aromatic N) is 1. The van der Waals surface area contributed by atoms with E-state index in [1.165, 1.54) is 12.8 Å². The van der Waals surface area contributed by atoms with E-state index < -0.39 is 0 Å². The molecule has 1 fully saturated rings. The first-order valence-electron chi connectivity index (χ1n) is 3.68. The van der Waals surface area contributed by atoms with Gasteiger partial charge in [0.05, 0.1) is 12.3 Å². The van der Waals surface area contributed by atoms with Crippen LogP contribution < -0.4 is 0 Å². The summed E-state index contributed by atoms with van der Waals surface area (Å²) < 4.78 is 0. The Morgan fingerprint density at radius 2 is 2.00 bits per heavy atom. The highest BCUT2D eigenvalue weighted by atomic mass is 32.1. The number of Topliss-reactive ketones (excluding diaryl/α,β-unsaturated/α-hetero) is 1. The van der Waals surface area contributed by atoms with Gasteiger partial charge in [-0.3, -0.25) is 9.69 Å². The molecule has 1 rings (SSSR count). The number of thiol groups is 1. The molecule has 0 amide bonds. The number of rotatable bonds is 3. The van der Waals surface area contributed by atoms with Crippen LogP contribution in [0, 0.1) is 0 Å². The second kappa shape index (κ2) is 3.98. The third-order valence-electron chi connectivity index (χ3n) is 1.77. The Labute approximate surface area is 67.0 Å². The zero-order valence-electron chi connectivity index (χ0n) is 6.05. The van der Waals surface area contributed by atoms with Crippen LogP contribution in [0.5, 0.6) is 0 Å². The molecule has 3 heteroatoms. The summed E-state index contributed by atoms with van der Waals surface area (Å²) in [6, 6.07) is 0. The number of carbonyl (C=O) groups is 1. The van der Waals surface area contributed by atoms with E-state index in [1.807, 2.05) is 0 Å². The summed E-state index contributed by atoms with van der Waals surface area (Å²) in [5.41, 5.74) is 0. The quantitative estimate of drug-likeness (QED) is 0.608. The van der Waals surface area contributed by atoms with Gasteiger partial charge in [-0.15, -0.1) is 0 Å². The minimum Gasteiger partial charge on any atom is -0.297 e. The molecule has 0 aromatic rings. The second-order valence-electron chi connectivity index (χ2n) is 2.68. The van der Waals surface area contributed by atoms with Gasteiger partial charge in [-0.05, 0) is 25.9 Å². The Morgan fingerprint density at radius 1 is 1.40 bits per heavy atom. The first kappa shape index (κ1) is 8.08. The molecule has 0 aromatic carbocycles. The summed E-state index contributed by atoms with van der Waals surface area (Å²) in [6.07, 6.45) is 2.50. The largest absolute Gasteiger partial charge is 0.297 e. The molecule has 0 aromatic heterocycles. The van der Waals surface area contributed by atoms with Crippen molar-refractivity contribution >= 4 is 18.4 Å². The molecule has 1 aliphatic heterocycles. The molecule has 0 atom stereocenters. The summed E-state index contributed by atoms with van der Waals surface area (Å²) in [5.74, 6) is 0.626. The fourth-order valence-corrected chi connectivity index (χ4v) is 1.34. The number of carbonyl (C=O) groups excluding carboxylic acids is 1. The van der Waals surface area contributed by atoms with Gasteiger partial charge in [0.2, 0.25) is 0 Å². The fraction of sp³-hybridized carbons (Fsp3) is 0.857. The Hall–Kier alpha value is -0.0200. The topological polar surface area (TPSA) is 20.3 Å². The summed E-state index contributed by atoms with van der Waals surface area (Å²) in [7, 11) is 0. The summed E-state index contributed by atoms with van der Waals surface area (Å²) in [4.78, 5) is 13.0. The van der Waals surface area contributed by atoms with Crippen LogP contribution in [0.4, 0.5) is 0 Å². The molecule has 1 aliphatic rings. The smallest absolute Gasteiger partial charge is 0.156 e. The zero-order valence-corrected chi connectivity index (χ0v) is 6.94. The summed E-state index contributed by atoms with van der Waals surface area (Å²) >= 11 is 3.91. The predicted molar refractivity (Wildman–Crippen MR) is 44.5 cm³/mol. The molecule has 0 spiro atoms. The molecule has 0 saturated carbocycles. The lowest BCUT2D eigenvalue weighted by Gasteiger charge is -2.11. The number of likely N-dealkylation sites (tertiary alicyclic amines) is 1. The van der Waals surface area contributed by atoms with Gasteiger partial charge in [-0.2, -0.15) is 12.6 Å². The number of ketones is 1. The van der Waals surface area contributed by atoms with Crippen molar-refractivity contribution in [1.82, 2.24) is 4.90 Å². The van der Waals surface area contributed by atoms with Crippen LogP contribution in [0.1, 0.15) is 12.8 Å². The van der Waals surface area contributed by atoms with E-state index in [9.17, 15) is 4.79 Å². The standard InChI is InChI=1S/C7H13NOS/c9-7(6-10)5-8-3-1-2-4-8/h10H,1-6H2. The third-order valence-corrected chi connectivity index (χ3v) is 2.13. The first-order chi connectivity index (χ1) is 4.83. The SMILES string of the molecule is O=C(CS)CN1CCCC1. The lowest BCUT2D eigenvalue weighted by molar-refractivity contribution is -0.117. The Kier molecular flexibility index (Phi) is 3.22. The molecular formula is C7H13NOS. The highest BCUT2D eigenvalue weighted by Gasteiger charge is 2.13. The van der Waals surface area contributed by atoms with Crippen molar-refractivity contribution in [2.45, 2.75) is 12.8 Å². The van der Waals surface area contributed by atoms with E-state index in [4.69, 9.17) is 0 Å². The average molecular weight is 159 g/mol. The van der Waals surface area contributed by atoms with Crippen LogP contribution in [-0.4, -0.2) is 36.1 Å². The molecule has 0 N–H and O–H groups in total. The maximum Gasteiger partial charge on any atom is 0.156 e. The van der Waals surface area contributed by atoms with Crippen LogP contribution in [0.15, 0.2) is 0 Å². The monoisotopic (exact) mass is 159 g/mol. The van der Waals surface area contributed by atoms with Crippen LogP contribution in [-0.2, 0) is 4.79 Å². The highest BCUT2D eigenvalue weighted by molar-refractivity contribution is 7.81. The summed E-state index contributed by atoms with van der Waals surface area (Å²) in [5, 5.41) is 0. The third kappa shape index (κ3) is 2.31. The number of hydrogen-bond acceptors (Lipinski definition) is 3. The highest BCUT2D eigenvalue weighted by Crippen LogP contribution is 2.06. The minimum absolute atomic E-state index is 0.241. The van der Waals surface area contributed by atoms with Crippen LogP contribution in [0.2, 0.25) is 0 Å². The van der Waals surface area contributed by atoms with E-state index in [2.05, 4.69) is 17.5 Å². The van der Waals surface area contributed by atoms with Crippen molar-refractivity contribution in [3.8, 4) is 0 Å². The molecule has 1 saturated heterocycles. The van der Waals surface area contributed by atoms with Crippen molar-refractivity contribution in [1.29, 1.82) is 0 Å². The van der Waals surface area contributed by atoms with Crippen molar-refractivity contribution in [2.75, 3.05) is 25.4 Å². The van der Waals surface area contributed by atoms with Crippen molar-refractivity contribution < 1.29 is 4.79 Å². The average Bonchev–Trinajstić information content (AvgIpc) is 2.40.